The summed E-state index contributed by atoms with van der Waals surface area (Å²) in [5, 5.41) is 46.9. The predicted octanol–water partition coefficient (Wildman–Crippen LogP) is 18.6. The first kappa shape index (κ1) is 98.7. The average Bonchev–Trinajstić information content (AvgIpc) is 1.39. The molecule has 6 heterocycles. The number of carbonyl (C=O) groups is 6. The second-order valence-corrected chi connectivity index (χ2v) is 43.7. The number of nitrogens with zero attached hydrogens (tertiary/aromatic N) is 6. The quantitative estimate of drug-likeness (QED) is 0.00942. The molecule has 0 saturated carbocycles. The van der Waals surface area contributed by atoms with E-state index in [1.54, 1.807) is 129 Å². The minimum Gasteiger partial charge on any atom is -0.466 e. The van der Waals surface area contributed by atoms with Gasteiger partial charge in [0.1, 0.15) is 12.7 Å². The number of hydrogen-bond donors (Lipinski definition) is 3. The number of aldehydes is 1. The van der Waals surface area contributed by atoms with Crippen molar-refractivity contribution in [3.05, 3.63) is 130 Å². The molecule has 107 heavy (non-hydrogen) atoms. The molecule has 29 heteroatoms. The molecule has 6 aromatic heterocycles. The van der Waals surface area contributed by atoms with Crippen molar-refractivity contribution in [1.29, 1.82) is 0 Å². The Kier molecular flexibility index (Phi) is 45.9. The average molecular weight is 1630 g/mol. The molecule has 594 valence electrons. The number of aromatic nitrogens is 6. The van der Waals surface area contributed by atoms with Gasteiger partial charge in [-0.15, -0.1) is 68.0 Å². The fourth-order valence-electron chi connectivity index (χ4n) is 8.35. The minimum absolute atomic E-state index is 0.0146. The molecule has 0 aromatic carbocycles. The largest absolute Gasteiger partial charge is 0.466 e. The second-order valence-electron chi connectivity index (χ2n) is 27.8. The lowest BCUT2D eigenvalue weighted by Crippen LogP contribution is -2.44. The minimum atomic E-state index is -2.00. The third-order valence-electron chi connectivity index (χ3n) is 16.2. The van der Waals surface area contributed by atoms with E-state index >= 15 is 0 Å². The van der Waals surface area contributed by atoms with Gasteiger partial charge in [-0.25, -0.2) is 29.9 Å². The lowest BCUT2D eigenvalue weighted by molar-refractivity contribution is -0.146. The molecule has 4 atom stereocenters. The summed E-state index contributed by atoms with van der Waals surface area (Å²) < 4.78 is 32.4. The maximum Gasteiger partial charge on any atom is 0.313 e. The van der Waals surface area contributed by atoms with Crippen molar-refractivity contribution in [3.63, 3.8) is 0 Å². The molecule has 0 aliphatic carbocycles. The fraction of sp³-hybridized carbons (Fsp3) is 0.538. The lowest BCUT2D eigenvalue weighted by atomic mass is 10.1. The SMILES string of the molecule is C/C(=C\c1csc(C)n1)[C@H](CCO)O[Si](C)(C)C(C)(C)C.C/C(C=O)=C\c1csc(C)n1.CCOC(=O)CC(=O)/C(C)=C/c1csc(C)n1.CCOC(=O)CC(O)/C(C)=C/c1csc(C)n1.CCOC(=O)C[C@H](O)/C(C)=C/c1csc(C)n1.CCOC(=O)C[C@H](O[Si](C)(C)C(C)(C)C)/C(C)=C/c1csc(C)n1. The Morgan fingerprint density at radius 3 is 0.981 bits per heavy atom. The second kappa shape index (κ2) is 49.7. The van der Waals surface area contributed by atoms with Crippen LogP contribution < -0.4 is 0 Å². The highest BCUT2D eigenvalue weighted by molar-refractivity contribution is 7.11. The number of ether oxygens (including phenoxy) is 4. The zero-order valence-electron chi connectivity index (χ0n) is 67.8. The van der Waals surface area contributed by atoms with Crippen LogP contribution in [0.1, 0.15) is 207 Å². The number of aliphatic hydroxyl groups is 3. The van der Waals surface area contributed by atoms with Gasteiger partial charge < -0.3 is 43.1 Å². The molecule has 3 N–H and O–H groups in total. The van der Waals surface area contributed by atoms with Crippen molar-refractivity contribution in [2.45, 2.75) is 245 Å². The van der Waals surface area contributed by atoms with Crippen molar-refractivity contribution >= 4 is 157 Å². The maximum atomic E-state index is 12.0. The number of aryl methyl sites for hydroxylation is 6. The van der Waals surface area contributed by atoms with E-state index in [2.05, 4.69) is 116 Å². The fourth-order valence-corrected chi connectivity index (χ4v) is 14.5. The Morgan fingerprint density at radius 2 is 0.701 bits per heavy atom. The van der Waals surface area contributed by atoms with Crippen LogP contribution in [0.15, 0.2) is 65.7 Å². The number of hydrogen-bond acceptors (Lipinski definition) is 27. The number of aliphatic hydroxyl groups excluding tert-OH is 3. The van der Waals surface area contributed by atoms with E-state index in [0.29, 0.717) is 55.1 Å². The molecule has 6 rings (SSSR count). The lowest BCUT2D eigenvalue weighted by Gasteiger charge is -2.39. The van der Waals surface area contributed by atoms with Crippen molar-refractivity contribution in [3.8, 4) is 0 Å². The number of ketones is 1. The smallest absolute Gasteiger partial charge is 0.313 e. The van der Waals surface area contributed by atoms with Crippen LogP contribution in [-0.4, -0.2) is 155 Å². The number of thiazole rings is 6. The van der Waals surface area contributed by atoms with Crippen LogP contribution in [0.4, 0.5) is 0 Å². The van der Waals surface area contributed by atoms with E-state index in [-0.39, 0.29) is 78.3 Å². The highest BCUT2D eigenvalue weighted by Gasteiger charge is 2.41. The molecule has 0 fully saturated rings. The van der Waals surface area contributed by atoms with Crippen LogP contribution in [0.5, 0.6) is 0 Å². The van der Waals surface area contributed by atoms with Gasteiger partial charge in [-0.05, 0) is 223 Å². The third-order valence-corrected chi connectivity index (χ3v) is 30.0. The summed E-state index contributed by atoms with van der Waals surface area (Å²) in [5.74, 6) is -1.71. The molecule has 0 aliphatic rings. The van der Waals surface area contributed by atoms with E-state index in [0.717, 1.165) is 81.6 Å². The summed E-state index contributed by atoms with van der Waals surface area (Å²) in [5.41, 5.74) is 9.95. The molecule has 0 aliphatic heterocycles. The number of carbonyl (C=O) groups excluding carboxylic acids is 6. The zero-order valence-corrected chi connectivity index (χ0v) is 74.7. The van der Waals surface area contributed by atoms with Gasteiger partial charge in [0.05, 0.1) is 134 Å². The van der Waals surface area contributed by atoms with Gasteiger partial charge in [0.15, 0.2) is 22.4 Å². The van der Waals surface area contributed by atoms with Crippen molar-refractivity contribution in [2.75, 3.05) is 33.0 Å². The van der Waals surface area contributed by atoms with Crippen LogP contribution in [0.3, 0.4) is 0 Å². The van der Waals surface area contributed by atoms with Gasteiger partial charge in [0, 0.05) is 38.9 Å². The number of Topliss-reactive ketones (excluding diaryl/α,β-unsaturated/α-hetero) is 1. The summed E-state index contributed by atoms with van der Waals surface area (Å²) in [7, 11) is -3.85. The summed E-state index contributed by atoms with van der Waals surface area (Å²) in [6, 6.07) is 0. The standard InChI is InChI=1S/C18H31NO3SSi.C16H29NO2SSi.2C12H17NO3S.C12H15NO3S.C8H9NOS/c1-9-21-17(20)11-16(22-24(7,8)18(4,5)6)13(2)10-15-12-23-14(3)19-15;1-12(10-14-11-20-13(2)17-14)15(8-9-18)19-21(6,7)16(3,4)5;3*1-4-16-12(15)6-11(14)8(2)5-10-7-17-9(3)13-10;1-6(4-10)3-8-5-11-7(2)9-8/h10,12,16H,9,11H2,1-8H3;10-11,15,18H,8-9H2,1-7H3;2*5,7,11,14H,4,6H2,1-3H3;5,7H,4,6H2,1-3H3;3-5H,1-2H3/b13-10+;12-10+;3*8-5+;6-3+/t16-;15-;11-;;;/m000.../s1. The Labute approximate surface area is 662 Å². The summed E-state index contributed by atoms with van der Waals surface area (Å²) in [6.45, 7) is 53.4. The number of esters is 4. The molecule has 0 saturated heterocycles. The molecule has 0 amide bonds. The first-order valence-corrected chi connectivity index (χ1v) is 46.5. The van der Waals surface area contributed by atoms with Gasteiger partial charge in [-0.3, -0.25) is 28.8 Å². The first-order chi connectivity index (χ1) is 49.8. The van der Waals surface area contributed by atoms with E-state index in [1.807, 2.05) is 88.4 Å². The first-order valence-electron chi connectivity index (χ1n) is 35.4. The maximum absolute atomic E-state index is 12.0. The number of rotatable bonds is 30. The highest BCUT2D eigenvalue weighted by atomic mass is 32.1. The van der Waals surface area contributed by atoms with Gasteiger partial charge in [-0.1, -0.05) is 41.5 Å². The molecule has 21 nitrogen and oxygen atoms in total. The normalized spacial score (nSPS) is 13.6. The zero-order chi connectivity index (χ0) is 81.6. The molecule has 0 spiro atoms. The predicted molar refractivity (Wildman–Crippen MR) is 447 cm³/mol. The Bertz CT molecular complexity index is 3830. The molecule has 6 aromatic rings. The summed E-state index contributed by atoms with van der Waals surface area (Å²) in [6.07, 6.45) is 10.7. The molecular formula is C78H118N6O15S6Si2. The Balaban J connectivity index is 0.000000650. The Morgan fingerprint density at radius 1 is 0.430 bits per heavy atom. The Hall–Kier alpha value is -6.33. The van der Waals surface area contributed by atoms with Crippen molar-refractivity contribution in [2.24, 2.45) is 0 Å². The molecule has 0 radical (unpaired) electrons. The topological polar surface area (TPSA) is 296 Å². The number of allylic oxidation sites excluding steroid dienone is 2. The molecule has 1 unspecified atom stereocenters. The third kappa shape index (κ3) is 40.8. The van der Waals surface area contributed by atoms with Gasteiger partial charge in [0.25, 0.3) is 0 Å². The summed E-state index contributed by atoms with van der Waals surface area (Å²) in [4.78, 5) is 93.3. The molecular weight excluding hydrogens is 1510 g/mol. The van der Waals surface area contributed by atoms with Gasteiger partial charge in [0.2, 0.25) is 0 Å². The van der Waals surface area contributed by atoms with Gasteiger partial charge in [-0.2, -0.15) is 0 Å². The monoisotopic (exact) mass is 1630 g/mol. The van der Waals surface area contributed by atoms with Crippen LogP contribution >= 0.6 is 68.0 Å². The van der Waals surface area contributed by atoms with Crippen LogP contribution in [0, 0.1) is 41.5 Å². The molecule has 0 bridgehead atoms. The van der Waals surface area contributed by atoms with Gasteiger partial charge >= 0.3 is 23.9 Å². The highest BCUT2D eigenvalue weighted by Crippen LogP contribution is 2.40. The van der Waals surface area contributed by atoms with Crippen molar-refractivity contribution in [1.82, 2.24) is 29.9 Å². The van der Waals surface area contributed by atoms with Crippen molar-refractivity contribution < 1.29 is 71.9 Å². The summed E-state index contributed by atoms with van der Waals surface area (Å²) >= 11 is 9.48. The van der Waals surface area contributed by atoms with Crippen LogP contribution in [-0.2, 0) is 56.6 Å². The van der Waals surface area contributed by atoms with E-state index in [4.69, 9.17) is 27.8 Å². The van der Waals surface area contributed by atoms with E-state index in [9.17, 15) is 44.1 Å². The van der Waals surface area contributed by atoms with E-state index < -0.39 is 34.8 Å². The van der Waals surface area contributed by atoms with E-state index in [1.165, 1.54) is 11.3 Å². The van der Waals surface area contributed by atoms with Crippen LogP contribution in [0.2, 0.25) is 36.3 Å². The van der Waals surface area contributed by atoms with Crippen LogP contribution in [0.25, 0.3) is 36.5 Å².